The molecule has 0 aliphatic rings. The molecule has 3 nitrogen and oxygen atoms in total. The summed E-state index contributed by atoms with van der Waals surface area (Å²) in [6.07, 6.45) is -4.53. The summed E-state index contributed by atoms with van der Waals surface area (Å²) in [6.45, 7) is 0. The number of aromatic amines is 1. The number of halogens is 3. The number of nitrogens with zero attached hydrogens (tertiary/aromatic N) is 1. The molecule has 0 aliphatic carbocycles. The fourth-order valence-electron chi connectivity index (χ4n) is 1.42. The van der Waals surface area contributed by atoms with Crippen molar-refractivity contribution in [1.82, 2.24) is 9.97 Å². The number of carbonyl (C=O) groups is 1. The van der Waals surface area contributed by atoms with Gasteiger partial charge in [0, 0.05) is 5.56 Å². The number of hydrogen-bond acceptors (Lipinski definition) is 2. The van der Waals surface area contributed by atoms with Crippen LogP contribution in [0.2, 0.25) is 0 Å². The number of imidazole rings is 1. The number of aldehydes is 1. The number of benzene rings is 1. The maximum absolute atomic E-state index is 12.5. The molecule has 2 aromatic rings. The average Bonchev–Trinajstić information content (AvgIpc) is 2.74. The quantitative estimate of drug-likeness (QED) is 0.820. The van der Waals surface area contributed by atoms with Gasteiger partial charge in [-0.15, -0.1) is 0 Å². The van der Waals surface area contributed by atoms with Gasteiger partial charge in [0.25, 0.3) is 0 Å². The summed E-state index contributed by atoms with van der Waals surface area (Å²) in [5.74, 6) is 0.0278. The third-order valence-electron chi connectivity index (χ3n) is 2.17. The first kappa shape index (κ1) is 11.4. The van der Waals surface area contributed by atoms with Crippen molar-refractivity contribution in [3.63, 3.8) is 0 Å². The highest BCUT2D eigenvalue weighted by atomic mass is 19.4. The van der Waals surface area contributed by atoms with Gasteiger partial charge in [-0.3, -0.25) is 4.79 Å². The number of nitrogens with one attached hydrogen (secondary N) is 1. The van der Waals surface area contributed by atoms with E-state index >= 15 is 0 Å². The van der Waals surface area contributed by atoms with E-state index in [2.05, 4.69) is 9.97 Å². The van der Waals surface area contributed by atoms with E-state index in [0.29, 0.717) is 5.56 Å². The molecule has 0 fully saturated rings. The Morgan fingerprint density at radius 2 is 1.82 bits per heavy atom. The number of alkyl halides is 3. The second-order valence-corrected chi connectivity index (χ2v) is 3.33. The Kier molecular flexibility index (Phi) is 2.71. The van der Waals surface area contributed by atoms with Gasteiger partial charge in [-0.2, -0.15) is 13.2 Å². The first-order valence-corrected chi connectivity index (χ1v) is 4.70. The molecule has 0 radical (unpaired) electrons. The van der Waals surface area contributed by atoms with Crippen molar-refractivity contribution in [1.29, 1.82) is 0 Å². The molecule has 0 bridgehead atoms. The van der Waals surface area contributed by atoms with Crippen LogP contribution in [0.25, 0.3) is 11.4 Å². The van der Waals surface area contributed by atoms with Crippen LogP contribution in [0.3, 0.4) is 0 Å². The van der Waals surface area contributed by atoms with Crippen molar-refractivity contribution in [3.8, 4) is 11.4 Å². The highest BCUT2D eigenvalue weighted by Gasteiger charge is 2.36. The molecule has 0 unspecified atom stereocenters. The maximum Gasteiger partial charge on any atom is 0.433 e. The average molecular weight is 240 g/mol. The summed E-state index contributed by atoms with van der Waals surface area (Å²) in [6, 6.07) is 8.29. The van der Waals surface area contributed by atoms with Crippen LogP contribution in [0.1, 0.15) is 16.2 Å². The lowest BCUT2D eigenvalue weighted by atomic mass is 10.2. The lowest BCUT2D eigenvalue weighted by Crippen LogP contribution is -2.08. The zero-order chi connectivity index (χ0) is 12.5. The fourth-order valence-corrected chi connectivity index (χ4v) is 1.42. The molecule has 0 saturated heterocycles. The van der Waals surface area contributed by atoms with Crippen LogP contribution in [-0.4, -0.2) is 16.3 Å². The van der Waals surface area contributed by atoms with Gasteiger partial charge in [-0.05, 0) is 0 Å². The summed E-state index contributed by atoms with van der Waals surface area (Å²) in [5, 5.41) is 0. The van der Waals surface area contributed by atoms with Crippen molar-refractivity contribution in [2.45, 2.75) is 6.18 Å². The second-order valence-electron chi connectivity index (χ2n) is 3.33. The van der Waals surface area contributed by atoms with Crippen molar-refractivity contribution < 1.29 is 18.0 Å². The molecule has 1 aromatic heterocycles. The zero-order valence-corrected chi connectivity index (χ0v) is 8.45. The molecule has 0 atom stereocenters. The van der Waals surface area contributed by atoms with E-state index in [1.165, 1.54) is 0 Å². The van der Waals surface area contributed by atoms with Gasteiger partial charge in [0.2, 0.25) is 0 Å². The molecular weight excluding hydrogens is 233 g/mol. The number of hydrogen-bond donors (Lipinski definition) is 1. The summed E-state index contributed by atoms with van der Waals surface area (Å²) in [7, 11) is 0. The van der Waals surface area contributed by atoms with Crippen LogP contribution in [0.15, 0.2) is 30.3 Å². The number of aromatic nitrogens is 2. The lowest BCUT2D eigenvalue weighted by molar-refractivity contribution is -0.141. The molecule has 0 spiro atoms. The van der Waals surface area contributed by atoms with Crippen LogP contribution >= 0.6 is 0 Å². The SMILES string of the molecule is O=Cc1nc(-c2ccccc2)[nH]c1C(F)(F)F. The van der Waals surface area contributed by atoms with E-state index in [1.807, 2.05) is 0 Å². The topological polar surface area (TPSA) is 45.8 Å². The monoisotopic (exact) mass is 240 g/mol. The third-order valence-corrected chi connectivity index (χ3v) is 2.17. The van der Waals surface area contributed by atoms with Gasteiger partial charge in [0.1, 0.15) is 11.5 Å². The summed E-state index contributed by atoms with van der Waals surface area (Å²) in [4.78, 5) is 16.3. The molecule has 0 saturated carbocycles. The predicted octanol–water partition coefficient (Wildman–Crippen LogP) is 2.91. The first-order chi connectivity index (χ1) is 8.02. The van der Waals surface area contributed by atoms with Crippen molar-refractivity contribution in [2.24, 2.45) is 0 Å². The Bertz CT molecular complexity index is 531. The Balaban J connectivity index is 2.53. The Morgan fingerprint density at radius 1 is 1.18 bits per heavy atom. The van der Waals surface area contributed by atoms with Gasteiger partial charge < -0.3 is 4.98 Å². The molecule has 1 aromatic carbocycles. The third kappa shape index (κ3) is 2.20. The van der Waals surface area contributed by atoms with Crippen LogP contribution < -0.4 is 0 Å². The van der Waals surface area contributed by atoms with E-state index in [9.17, 15) is 18.0 Å². The molecule has 0 amide bonds. The predicted molar refractivity (Wildman–Crippen MR) is 54.4 cm³/mol. The standard InChI is InChI=1S/C11H7F3N2O/c12-11(13,14)9-8(6-17)15-10(16-9)7-4-2-1-3-5-7/h1-6H,(H,15,16). The van der Waals surface area contributed by atoms with Crippen molar-refractivity contribution in [3.05, 3.63) is 41.7 Å². The Morgan fingerprint density at radius 3 is 2.29 bits per heavy atom. The van der Waals surface area contributed by atoms with E-state index in [4.69, 9.17) is 0 Å². The van der Waals surface area contributed by atoms with E-state index < -0.39 is 17.6 Å². The lowest BCUT2D eigenvalue weighted by Gasteiger charge is -2.02. The highest BCUT2D eigenvalue weighted by Crippen LogP contribution is 2.31. The molecule has 2 rings (SSSR count). The number of carbonyl (C=O) groups excluding carboxylic acids is 1. The van der Waals surface area contributed by atoms with Crippen LogP contribution in [-0.2, 0) is 6.18 Å². The zero-order valence-electron chi connectivity index (χ0n) is 8.45. The molecule has 88 valence electrons. The Labute approximate surface area is 94.3 Å². The van der Waals surface area contributed by atoms with Gasteiger partial charge >= 0.3 is 6.18 Å². The van der Waals surface area contributed by atoms with Gasteiger partial charge in [0.05, 0.1) is 0 Å². The van der Waals surface area contributed by atoms with E-state index in [-0.39, 0.29) is 12.1 Å². The summed E-state index contributed by atoms with van der Waals surface area (Å²) < 4.78 is 37.6. The van der Waals surface area contributed by atoms with Crippen molar-refractivity contribution in [2.75, 3.05) is 0 Å². The number of rotatable bonds is 2. The minimum absolute atomic E-state index is 0.0278. The molecule has 1 heterocycles. The second kappa shape index (κ2) is 4.04. The Hall–Kier alpha value is -2.11. The molecule has 17 heavy (non-hydrogen) atoms. The summed E-state index contributed by atoms with van der Waals surface area (Å²) >= 11 is 0. The van der Waals surface area contributed by atoms with Crippen LogP contribution in [0, 0.1) is 0 Å². The van der Waals surface area contributed by atoms with Gasteiger partial charge in [-0.25, -0.2) is 4.98 Å². The summed E-state index contributed by atoms with van der Waals surface area (Å²) in [5.41, 5.74) is -1.26. The van der Waals surface area contributed by atoms with Crippen molar-refractivity contribution >= 4 is 6.29 Å². The molecule has 6 heteroatoms. The van der Waals surface area contributed by atoms with E-state index in [0.717, 1.165) is 0 Å². The fraction of sp³-hybridized carbons (Fsp3) is 0.0909. The maximum atomic E-state index is 12.5. The molecule has 1 N–H and O–H groups in total. The molecular formula is C11H7F3N2O. The normalized spacial score (nSPS) is 11.5. The van der Waals surface area contributed by atoms with Crippen LogP contribution in [0.4, 0.5) is 13.2 Å². The largest absolute Gasteiger partial charge is 0.433 e. The van der Waals surface area contributed by atoms with Gasteiger partial charge in [-0.1, -0.05) is 30.3 Å². The highest BCUT2D eigenvalue weighted by molar-refractivity contribution is 5.76. The minimum atomic E-state index is -4.61. The first-order valence-electron chi connectivity index (χ1n) is 4.70. The number of H-pyrrole nitrogens is 1. The van der Waals surface area contributed by atoms with E-state index in [1.54, 1.807) is 30.3 Å². The molecule has 0 aliphatic heterocycles. The smallest absolute Gasteiger partial charge is 0.334 e. The van der Waals surface area contributed by atoms with Gasteiger partial charge in [0.15, 0.2) is 12.0 Å². The minimum Gasteiger partial charge on any atom is -0.334 e. The van der Waals surface area contributed by atoms with Crippen LogP contribution in [0.5, 0.6) is 0 Å².